The van der Waals surface area contributed by atoms with Gasteiger partial charge in [0.25, 0.3) is 0 Å². The van der Waals surface area contributed by atoms with Crippen LogP contribution in [-0.4, -0.2) is 18.3 Å². The van der Waals surface area contributed by atoms with Crippen LogP contribution in [0.5, 0.6) is 0 Å². The molecule has 0 bridgehead atoms. The molecule has 0 aliphatic heterocycles. The molecule has 0 radical (unpaired) electrons. The van der Waals surface area contributed by atoms with Crippen molar-refractivity contribution in [1.29, 1.82) is 0 Å². The van der Waals surface area contributed by atoms with Crippen molar-refractivity contribution in [2.75, 3.05) is 13.2 Å². The summed E-state index contributed by atoms with van der Waals surface area (Å²) in [5.74, 6) is 0.471. The Morgan fingerprint density at radius 2 is 2.05 bits per heavy atom. The Morgan fingerprint density at radius 3 is 2.65 bits per heavy atom. The van der Waals surface area contributed by atoms with Crippen LogP contribution in [0.1, 0.15) is 56.8 Å². The zero-order valence-electron chi connectivity index (χ0n) is 12.9. The number of aliphatic hydroxyl groups excluding tert-OH is 1. The van der Waals surface area contributed by atoms with Crippen molar-refractivity contribution in [3.05, 3.63) is 34.3 Å². The van der Waals surface area contributed by atoms with Crippen LogP contribution in [-0.2, 0) is 4.74 Å². The van der Waals surface area contributed by atoms with Crippen LogP contribution in [0.25, 0.3) is 0 Å². The third-order valence-corrected chi connectivity index (χ3v) is 4.05. The molecule has 1 rings (SSSR count). The van der Waals surface area contributed by atoms with Gasteiger partial charge in [-0.25, -0.2) is 0 Å². The number of aryl methyl sites for hydroxylation is 1. The second kappa shape index (κ2) is 9.38. The van der Waals surface area contributed by atoms with Crippen LogP contribution >= 0.6 is 11.6 Å². The minimum absolute atomic E-state index is 0.0254. The van der Waals surface area contributed by atoms with E-state index >= 15 is 0 Å². The van der Waals surface area contributed by atoms with Crippen molar-refractivity contribution in [1.82, 2.24) is 0 Å². The first kappa shape index (κ1) is 17.5. The Hall–Kier alpha value is -0.570. The molecule has 2 nitrogen and oxygen atoms in total. The quantitative estimate of drug-likeness (QED) is 0.701. The zero-order valence-corrected chi connectivity index (χ0v) is 13.6. The summed E-state index contributed by atoms with van der Waals surface area (Å²) in [5.41, 5.74) is 2.36. The third kappa shape index (κ3) is 5.08. The number of halogens is 1. The van der Waals surface area contributed by atoms with Crippen molar-refractivity contribution < 1.29 is 9.84 Å². The average molecular weight is 299 g/mol. The summed E-state index contributed by atoms with van der Waals surface area (Å²) < 4.78 is 5.95. The van der Waals surface area contributed by atoms with Gasteiger partial charge < -0.3 is 9.84 Å². The molecule has 0 saturated carbocycles. The molecule has 0 aliphatic rings. The lowest BCUT2D eigenvalue weighted by Gasteiger charge is -2.28. The number of unbranched alkanes of at least 4 members (excludes halogenated alkanes) is 1. The van der Waals surface area contributed by atoms with Gasteiger partial charge in [-0.2, -0.15) is 0 Å². The largest absolute Gasteiger partial charge is 0.394 e. The van der Waals surface area contributed by atoms with E-state index in [1.165, 1.54) is 18.4 Å². The van der Waals surface area contributed by atoms with Gasteiger partial charge in [-0.3, -0.25) is 0 Å². The highest BCUT2D eigenvalue weighted by Crippen LogP contribution is 2.35. The summed E-state index contributed by atoms with van der Waals surface area (Å²) in [5, 5.41) is 9.81. The molecule has 0 unspecified atom stereocenters. The third-order valence-electron chi connectivity index (χ3n) is 3.82. The number of aliphatic hydroxyl groups is 1. The molecule has 0 aromatic heterocycles. The van der Waals surface area contributed by atoms with E-state index in [1.54, 1.807) is 0 Å². The van der Waals surface area contributed by atoms with E-state index in [-0.39, 0.29) is 12.7 Å². The molecule has 2 atom stereocenters. The molecule has 3 heteroatoms. The molecule has 1 N–H and O–H groups in total. The fraction of sp³-hybridized carbons (Fsp3) is 0.647. The van der Waals surface area contributed by atoms with E-state index in [0.717, 1.165) is 23.4 Å². The minimum Gasteiger partial charge on any atom is -0.394 e. The molecule has 20 heavy (non-hydrogen) atoms. The number of hydrogen-bond acceptors (Lipinski definition) is 2. The predicted octanol–water partition coefficient (Wildman–Crippen LogP) is 4.91. The highest BCUT2D eigenvalue weighted by Gasteiger charge is 2.23. The summed E-state index contributed by atoms with van der Waals surface area (Å²) in [6, 6.07) is 5.96. The van der Waals surface area contributed by atoms with E-state index < -0.39 is 0 Å². The summed E-state index contributed by atoms with van der Waals surface area (Å²) in [6.45, 7) is 6.93. The maximum Gasteiger partial charge on any atom is 0.0857 e. The van der Waals surface area contributed by atoms with E-state index in [9.17, 15) is 0 Å². The summed E-state index contributed by atoms with van der Waals surface area (Å²) >= 11 is 6.14. The van der Waals surface area contributed by atoms with Gasteiger partial charge >= 0.3 is 0 Å². The van der Waals surface area contributed by atoms with Crippen molar-refractivity contribution >= 4 is 11.6 Å². The second-order valence-electron chi connectivity index (χ2n) is 5.33. The summed E-state index contributed by atoms with van der Waals surface area (Å²) in [7, 11) is 0. The maximum atomic E-state index is 9.07. The molecule has 0 spiro atoms. The van der Waals surface area contributed by atoms with E-state index in [1.807, 2.05) is 18.2 Å². The molecule has 0 heterocycles. The predicted molar refractivity (Wildman–Crippen MR) is 85.3 cm³/mol. The van der Waals surface area contributed by atoms with Crippen molar-refractivity contribution in [2.24, 2.45) is 5.92 Å². The van der Waals surface area contributed by atoms with Gasteiger partial charge in [0.2, 0.25) is 0 Å². The van der Waals surface area contributed by atoms with Gasteiger partial charge in [-0.15, -0.1) is 0 Å². The Morgan fingerprint density at radius 1 is 1.30 bits per heavy atom. The van der Waals surface area contributed by atoms with Crippen LogP contribution in [0.2, 0.25) is 5.02 Å². The van der Waals surface area contributed by atoms with Crippen LogP contribution in [0.4, 0.5) is 0 Å². The fourth-order valence-electron chi connectivity index (χ4n) is 2.61. The van der Waals surface area contributed by atoms with Gasteiger partial charge in [-0.05, 0) is 42.5 Å². The first-order chi connectivity index (χ1) is 9.63. The van der Waals surface area contributed by atoms with E-state index in [0.29, 0.717) is 12.5 Å². The normalized spacial score (nSPS) is 14.2. The molecule has 1 aromatic rings. The standard InChI is InChI=1S/C17H27ClO2/c1-4-6-7-14(5-2)17(20-11-10-19)16-12-15(18)9-8-13(16)3/h8-9,12,14,17,19H,4-7,10-11H2,1-3H3/t14-,17+/m0/s1. The smallest absolute Gasteiger partial charge is 0.0857 e. The van der Waals surface area contributed by atoms with Crippen LogP contribution < -0.4 is 0 Å². The molecular weight excluding hydrogens is 272 g/mol. The minimum atomic E-state index is 0.0254. The van der Waals surface area contributed by atoms with Gasteiger partial charge in [-0.1, -0.05) is 50.8 Å². The molecule has 1 aromatic carbocycles. The molecule has 0 saturated heterocycles. The monoisotopic (exact) mass is 298 g/mol. The molecular formula is C17H27ClO2. The molecule has 0 amide bonds. The summed E-state index contributed by atoms with van der Waals surface area (Å²) in [4.78, 5) is 0. The van der Waals surface area contributed by atoms with Crippen LogP contribution in [0, 0.1) is 12.8 Å². The Kier molecular flexibility index (Phi) is 8.20. The van der Waals surface area contributed by atoms with Gasteiger partial charge in [0.1, 0.15) is 0 Å². The number of hydrogen-bond donors (Lipinski definition) is 1. The van der Waals surface area contributed by atoms with Crippen LogP contribution in [0.15, 0.2) is 18.2 Å². The van der Waals surface area contributed by atoms with Crippen molar-refractivity contribution in [3.8, 4) is 0 Å². The van der Waals surface area contributed by atoms with Gasteiger partial charge in [0, 0.05) is 5.02 Å². The number of benzene rings is 1. The molecule has 114 valence electrons. The first-order valence-electron chi connectivity index (χ1n) is 7.62. The lowest BCUT2D eigenvalue weighted by atomic mass is 9.87. The Bertz CT molecular complexity index is 393. The van der Waals surface area contributed by atoms with E-state index in [4.69, 9.17) is 21.4 Å². The fourth-order valence-corrected chi connectivity index (χ4v) is 2.79. The summed E-state index contributed by atoms with van der Waals surface area (Å²) in [6.07, 6.45) is 4.64. The lowest BCUT2D eigenvalue weighted by molar-refractivity contribution is -0.0115. The van der Waals surface area contributed by atoms with E-state index in [2.05, 4.69) is 20.8 Å². The van der Waals surface area contributed by atoms with Crippen LogP contribution in [0.3, 0.4) is 0 Å². The SMILES string of the molecule is CCCC[C@H](CC)[C@@H](OCCO)c1cc(Cl)ccc1C. The number of ether oxygens (including phenoxy) is 1. The molecule has 0 aliphatic carbocycles. The zero-order chi connectivity index (χ0) is 15.0. The average Bonchev–Trinajstić information content (AvgIpc) is 2.45. The second-order valence-corrected chi connectivity index (χ2v) is 5.76. The highest BCUT2D eigenvalue weighted by atomic mass is 35.5. The molecule has 0 fully saturated rings. The Balaban J connectivity index is 2.99. The lowest BCUT2D eigenvalue weighted by Crippen LogP contribution is -2.19. The van der Waals surface area contributed by atoms with Gasteiger partial charge in [0.15, 0.2) is 0 Å². The van der Waals surface area contributed by atoms with Gasteiger partial charge in [0.05, 0.1) is 19.3 Å². The number of rotatable bonds is 9. The van der Waals surface area contributed by atoms with Crippen molar-refractivity contribution in [2.45, 2.75) is 52.6 Å². The maximum absolute atomic E-state index is 9.07. The Labute approximate surface area is 128 Å². The highest BCUT2D eigenvalue weighted by molar-refractivity contribution is 6.30. The first-order valence-corrected chi connectivity index (χ1v) is 8.00. The van der Waals surface area contributed by atoms with Crippen molar-refractivity contribution in [3.63, 3.8) is 0 Å². The topological polar surface area (TPSA) is 29.5 Å².